The van der Waals surface area contributed by atoms with Crippen LogP contribution in [-0.4, -0.2) is 11.7 Å². The molecule has 1 aliphatic rings. The molecule has 0 unspecified atom stereocenters. The van der Waals surface area contributed by atoms with Gasteiger partial charge in [-0.25, -0.2) is 0 Å². The van der Waals surface area contributed by atoms with E-state index in [1.165, 1.54) is 38.9 Å². The Morgan fingerprint density at radius 3 is 2.80 bits per heavy atom. The van der Waals surface area contributed by atoms with E-state index in [2.05, 4.69) is 29.7 Å². The van der Waals surface area contributed by atoms with Gasteiger partial charge < -0.3 is 13.7 Å². The standard InChI is InChI=1S/C17H17NO2/c1-11-4-3-5-14-15-6-12-8-20-9-13(12)7-16(15)18(10-19-2)17(11)14/h3-5,8-9H,6-7,10H2,1-2H3. The van der Waals surface area contributed by atoms with Gasteiger partial charge in [0.1, 0.15) is 6.73 Å². The molecular formula is C17H17NO2. The van der Waals surface area contributed by atoms with Gasteiger partial charge in [0.05, 0.1) is 18.0 Å². The van der Waals surface area contributed by atoms with Crippen LogP contribution in [0, 0.1) is 6.92 Å². The molecule has 20 heavy (non-hydrogen) atoms. The molecule has 3 heteroatoms. The van der Waals surface area contributed by atoms with E-state index in [4.69, 9.17) is 9.15 Å². The molecule has 1 aromatic carbocycles. The van der Waals surface area contributed by atoms with Crippen molar-refractivity contribution in [2.45, 2.75) is 26.5 Å². The van der Waals surface area contributed by atoms with Crippen LogP contribution < -0.4 is 0 Å². The smallest absolute Gasteiger partial charge is 0.122 e. The highest BCUT2D eigenvalue weighted by Gasteiger charge is 2.24. The first-order valence-electron chi connectivity index (χ1n) is 6.92. The third-order valence-corrected chi connectivity index (χ3v) is 4.32. The SMILES string of the molecule is COCn1c2c(c3cccc(C)c31)Cc1cocc1C2. The molecule has 102 valence electrons. The minimum absolute atomic E-state index is 0.601. The Hall–Kier alpha value is -2.00. The van der Waals surface area contributed by atoms with E-state index in [1.807, 2.05) is 12.5 Å². The molecule has 3 nitrogen and oxygen atoms in total. The molecule has 0 amide bonds. The van der Waals surface area contributed by atoms with Crippen LogP contribution in [0.3, 0.4) is 0 Å². The summed E-state index contributed by atoms with van der Waals surface area (Å²) in [6.07, 6.45) is 5.64. The number of hydrogen-bond donors (Lipinski definition) is 0. The van der Waals surface area contributed by atoms with Crippen LogP contribution in [0.2, 0.25) is 0 Å². The van der Waals surface area contributed by atoms with Crippen molar-refractivity contribution < 1.29 is 9.15 Å². The zero-order valence-corrected chi connectivity index (χ0v) is 11.8. The molecular weight excluding hydrogens is 250 g/mol. The van der Waals surface area contributed by atoms with Crippen molar-refractivity contribution in [3.63, 3.8) is 0 Å². The fourth-order valence-corrected chi connectivity index (χ4v) is 3.42. The molecule has 0 spiro atoms. The van der Waals surface area contributed by atoms with E-state index < -0.39 is 0 Å². The van der Waals surface area contributed by atoms with E-state index >= 15 is 0 Å². The number of aromatic nitrogens is 1. The van der Waals surface area contributed by atoms with Gasteiger partial charge in [0.15, 0.2) is 0 Å². The highest BCUT2D eigenvalue weighted by molar-refractivity contribution is 5.89. The largest absolute Gasteiger partial charge is 0.472 e. The van der Waals surface area contributed by atoms with Gasteiger partial charge in [-0.15, -0.1) is 0 Å². The zero-order chi connectivity index (χ0) is 13.7. The van der Waals surface area contributed by atoms with Crippen LogP contribution in [0.4, 0.5) is 0 Å². The van der Waals surface area contributed by atoms with Gasteiger partial charge in [0.2, 0.25) is 0 Å². The fraction of sp³-hybridized carbons (Fsp3) is 0.294. The molecule has 0 saturated heterocycles. The van der Waals surface area contributed by atoms with Crippen LogP contribution in [0.15, 0.2) is 35.1 Å². The molecule has 2 aromatic heterocycles. The number of benzene rings is 1. The number of furan rings is 1. The van der Waals surface area contributed by atoms with Crippen LogP contribution in [0.5, 0.6) is 0 Å². The van der Waals surface area contributed by atoms with Crippen molar-refractivity contribution in [2.24, 2.45) is 0 Å². The van der Waals surface area contributed by atoms with E-state index in [0.717, 1.165) is 12.8 Å². The predicted octanol–water partition coefficient (Wildman–Crippen LogP) is 3.64. The number of methoxy groups -OCH3 is 1. The third-order valence-electron chi connectivity index (χ3n) is 4.32. The molecule has 3 aromatic rings. The van der Waals surface area contributed by atoms with Crippen molar-refractivity contribution in [3.05, 3.63) is 58.7 Å². The maximum absolute atomic E-state index is 5.42. The first kappa shape index (κ1) is 11.8. The zero-order valence-electron chi connectivity index (χ0n) is 11.8. The van der Waals surface area contributed by atoms with Gasteiger partial charge in [-0.05, 0) is 29.2 Å². The van der Waals surface area contributed by atoms with Crippen LogP contribution >= 0.6 is 0 Å². The second kappa shape index (κ2) is 4.25. The summed E-state index contributed by atoms with van der Waals surface area (Å²) in [5.74, 6) is 0. The third kappa shape index (κ3) is 1.50. The molecule has 0 saturated carbocycles. The lowest BCUT2D eigenvalue weighted by Crippen LogP contribution is -2.11. The van der Waals surface area contributed by atoms with Crippen molar-refractivity contribution in [1.29, 1.82) is 0 Å². The lowest BCUT2D eigenvalue weighted by molar-refractivity contribution is 0.132. The highest BCUT2D eigenvalue weighted by Crippen LogP contribution is 2.36. The molecule has 0 radical (unpaired) electrons. The quantitative estimate of drug-likeness (QED) is 0.554. The van der Waals surface area contributed by atoms with Gasteiger partial charge in [-0.1, -0.05) is 18.2 Å². The number of aryl methyl sites for hydroxylation is 1. The summed E-state index contributed by atoms with van der Waals surface area (Å²) in [6.45, 7) is 2.77. The van der Waals surface area contributed by atoms with Crippen molar-refractivity contribution in [3.8, 4) is 0 Å². The minimum atomic E-state index is 0.601. The van der Waals surface area contributed by atoms with Gasteiger partial charge in [-0.3, -0.25) is 0 Å². The summed E-state index contributed by atoms with van der Waals surface area (Å²) in [5.41, 5.74) is 8.02. The highest BCUT2D eigenvalue weighted by atomic mass is 16.5. The van der Waals surface area contributed by atoms with Crippen molar-refractivity contribution in [1.82, 2.24) is 4.57 Å². The molecule has 1 aliphatic carbocycles. The Morgan fingerprint density at radius 2 is 2.00 bits per heavy atom. The first-order chi connectivity index (χ1) is 9.79. The molecule has 0 fully saturated rings. The number of ether oxygens (including phenoxy) is 1. The van der Waals surface area contributed by atoms with Crippen LogP contribution in [-0.2, 0) is 24.3 Å². The molecule has 0 atom stereocenters. The molecule has 0 N–H and O–H groups in total. The van der Waals surface area contributed by atoms with Gasteiger partial charge in [0, 0.05) is 31.0 Å². The number of rotatable bonds is 2. The number of nitrogens with zero attached hydrogens (tertiary/aromatic N) is 1. The van der Waals surface area contributed by atoms with Gasteiger partial charge >= 0.3 is 0 Å². The predicted molar refractivity (Wildman–Crippen MR) is 78.0 cm³/mol. The maximum Gasteiger partial charge on any atom is 0.122 e. The average Bonchev–Trinajstić information content (AvgIpc) is 3.01. The van der Waals surface area contributed by atoms with E-state index in [-0.39, 0.29) is 0 Å². The summed E-state index contributed by atoms with van der Waals surface area (Å²) >= 11 is 0. The van der Waals surface area contributed by atoms with Crippen LogP contribution in [0.1, 0.15) is 27.9 Å². The normalized spacial score (nSPS) is 13.5. The minimum Gasteiger partial charge on any atom is -0.472 e. The Labute approximate surface area is 117 Å². The first-order valence-corrected chi connectivity index (χ1v) is 6.92. The molecule has 2 heterocycles. The summed E-state index contributed by atoms with van der Waals surface area (Å²) in [5, 5.41) is 1.35. The second-order valence-electron chi connectivity index (χ2n) is 5.52. The van der Waals surface area contributed by atoms with Crippen LogP contribution in [0.25, 0.3) is 10.9 Å². The maximum atomic E-state index is 5.42. The van der Waals surface area contributed by atoms with Crippen molar-refractivity contribution >= 4 is 10.9 Å². The molecule has 0 bridgehead atoms. The lowest BCUT2D eigenvalue weighted by atomic mass is 9.92. The Kier molecular flexibility index (Phi) is 2.51. The average molecular weight is 267 g/mol. The summed E-state index contributed by atoms with van der Waals surface area (Å²) in [7, 11) is 1.75. The second-order valence-corrected chi connectivity index (χ2v) is 5.52. The lowest BCUT2D eigenvalue weighted by Gasteiger charge is -2.15. The van der Waals surface area contributed by atoms with Gasteiger partial charge in [-0.2, -0.15) is 0 Å². The summed E-state index contributed by atoms with van der Waals surface area (Å²) in [4.78, 5) is 0. The summed E-state index contributed by atoms with van der Waals surface area (Å²) < 4.78 is 13.1. The van der Waals surface area contributed by atoms with Gasteiger partial charge in [0.25, 0.3) is 0 Å². The number of fused-ring (bicyclic) bond motifs is 4. The Morgan fingerprint density at radius 1 is 1.20 bits per heavy atom. The monoisotopic (exact) mass is 267 g/mol. The number of hydrogen-bond acceptors (Lipinski definition) is 2. The molecule has 0 aliphatic heterocycles. The molecule has 4 rings (SSSR count). The topological polar surface area (TPSA) is 27.3 Å². The van der Waals surface area contributed by atoms with E-state index in [1.54, 1.807) is 7.11 Å². The van der Waals surface area contributed by atoms with E-state index in [0.29, 0.717) is 6.73 Å². The number of para-hydroxylation sites is 1. The van der Waals surface area contributed by atoms with Crippen molar-refractivity contribution in [2.75, 3.05) is 7.11 Å². The Bertz CT molecular complexity index is 795. The Balaban J connectivity index is 2.02. The van der Waals surface area contributed by atoms with E-state index in [9.17, 15) is 0 Å². The summed E-state index contributed by atoms with van der Waals surface area (Å²) in [6, 6.07) is 6.53. The fourth-order valence-electron chi connectivity index (χ4n) is 3.42.